The van der Waals surface area contributed by atoms with Gasteiger partial charge in [0.25, 0.3) is 0 Å². The van der Waals surface area contributed by atoms with Crippen LogP contribution in [0.3, 0.4) is 0 Å². The van der Waals surface area contributed by atoms with Crippen molar-refractivity contribution in [2.75, 3.05) is 13.1 Å². The quantitative estimate of drug-likeness (QED) is 0.687. The number of imidazole rings is 1. The van der Waals surface area contributed by atoms with E-state index in [1.165, 1.54) is 0 Å². The number of hydrogen-bond donors (Lipinski definition) is 0. The number of aromatic nitrogens is 3. The third-order valence-electron chi connectivity index (χ3n) is 4.68. The molecule has 28 heavy (non-hydrogen) atoms. The first kappa shape index (κ1) is 18.3. The zero-order valence-corrected chi connectivity index (χ0v) is 14.8. The molecule has 0 unspecified atom stereocenters. The number of rotatable bonds is 4. The molecule has 1 aliphatic heterocycles. The molecule has 3 aromatic rings. The van der Waals surface area contributed by atoms with E-state index in [1.807, 2.05) is 24.3 Å². The van der Waals surface area contributed by atoms with E-state index >= 15 is 0 Å². The molecule has 0 spiro atoms. The van der Waals surface area contributed by atoms with Crippen molar-refractivity contribution in [3.63, 3.8) is 0 Å². The average Bonchev–Trinajstić information content (AvgIpc) is 3.29. The molecule has 1 fully saturated rings. The number of benzene rings is 1. The molecule has 1 atom stereocenters. The maximum Gasteiger partial charge on any atom is 0.416 e. The SMILES string of the molecule is O=C(Cn1cnc2ccccc21)N1CC[C@H](Oc2cc(C(F)(F)F)ccn2)C1. The first-order valence-corrected chi connectivity index (χ1v) is 8.78. The summed E-state index contributed by atoms with van der Waals surface area (Å²) >= 11 is 0. The van der Waals surface area contributed by atoms with Crippen molar-refractivity contribution in [3.05, 3.63) is 54.5 Å². The third-order valence-corrected chi connectivity index (χ3v) is 4.68. The number of ether oxygens (including phenoxy) is 1. The van der Waals surface area contributed by atoms with E-state index in [4.69, 9.17) is 4.74 Å². The van der Waals surface area contributed by atoms with Crippen molar-refractivity contribution in [1.29, 1.82) is 0 Å². The number of halogens is 3. The van der Waals surface area contributed by atoms with Gasteiger partial charge < -0.3 is 14.2 Å². The van der Waals surface area contributed by atoms with Crippen molar-refractivity contribution in [2.24, 2.45) is 0 Å². The van der Waals surface area contributed by atoms with E-state index in [1.54, 1.807) is 15.8 Å². The van der Waals surface area contributed by atoms with Crippen molar-refractivity contribution in [3.8, 4) is 5.88 Å². The van der Waals surface area contributed by atoms with Crippen LogP contribution in [0.5, 0.6) is 5.88 Å². The van der Waals surface area contributed by atoms with Crippen LogP contribution in [0.2, 0.25) is 0 Å². The molecule has 0 aliphatic carbocycles. The lowest BCUT2D eigenvalue weighted by atomic mass is 10.2. The summed E-state index contributed by atoms with van der Waals surface area (Å²) < 4.78 is 45.7. The fraction of sp³-hybridized carbons (Fsp3) is 0.316. The van der Waals surface area contributed by atoms with E-state index in [0.29, 0.717) is 19.5 Å². The van der Waals surface area contributed by atoms with Crippen LogP contribution in [-0.2, 0) is 17.5 Å². The molecule has 0 N–H and O–H groups in total. The van der Waals surface area contributed by atoms with Crippen molar-refractivity contribution in [1.82, 2.24) is 19.4 Å². The number of para-hydroxylation sites is 2. The first-order chi connectivity index (χ1) is 13.4. The second-order valence-electron chi connectivity index (χ2n) is 6.61. The number of carbonyl (C=O) groups is 1. The number of pyridine rings is 1. The van der Waals surface area contributed by atoms with Crippen LogP contribution in [0.15, 0.2) is 48.9 Å². The van der Waals surface area contributed by atoms with Gasteiger partial charge in [-0.1, -0.05) is 12.1 Å². The highest BCUT2D eigenvalue weighted by molar-refractivity contribution is 5.80. The number of carbonyl (C=O) groups excluding carboxylic acids is 1. The van der Waals surface area contributed by atoms with Gasteiger partial charge in [-0.05, 0) is 18.2 Å². The second-order valence-corrected chi connectivity index (χ2v) is 6.61. The largest absolute Gasteiger partial charge is 0.472 e. The van der Waals surface area contributed by atoms with Gasteiger partial charge >= 0.3 is 6.18 Å². The predicted octanol–water partition coefficient (Wildman–Crippen LogP) is 3.13. The minimum Gasteiger partial charge on any atom is -0.472 e. The van der Waals surface area contributed by atoms with E-state index < -0.39 is 11.7 Å². The van der Waals surface area contributed by atoms with Crippen LogP contribution >= 0.6 is 0 Å². The monoisotopic (exact) mass is 390 g/mol. The van der Waals surface area contributed by atoms with Crippen LogP contribution in [-0.4, -0.2) is 44.5 Å². The highest BCUT2D eigenvalue weighted by atomic mass is 19.4. The Morgan fingerprint density at radius 1 is 1.21 bits per heavy atom. The van der Waals surface area contributed by atoms with Gasteiger partial charge in [0.05, 0.1) is 29.5 Å². The number of amides is 1. The van der Waals surface area contributed by atoms with Crippen LogP contribution in [0.25, 0.3) is 11.0 Å². The summed E-state index contributed by atoms with van der Waals surface area (Å²) in [6.45, 7) is 0.938. The molecule has 146 valence electrons. The minimum absolute atomic E-state index is 0.0882. The summed E-state index contributed by atoms with van der Waals surface area (Å²) in [7, 11) is 0. The zero-order valence-electron chi connectivity index (χ0n) is 14.8. The zero-order chi connectivity index (χ0) is 19.7. The summed E-state index contributed by atoms with van der Waals surface area (Å²) in [4.78, 5) is 22.4. The molecule has 1 saturated heterocycles. The topological polar surface area (TPSA) is 60.2 Å². The molecule has 0 radical (unpaired) electrons. The van der Waals surface area contributed by atoms with Crippen LogP contribution in [0, 0.1) is 0 Å². The molecule has 6 nitrogen and oxygen atoms in total. The van der Waals surface area contributed by atoms with Gasteiger partial charge in [0.1, 0.15) is 12.6 Å². The molecule has 4 rings (SSSR count). The summed E-state index contributed by atoms with van der Waals surface area (Å²) in [5, 5.41) is 0. The van der Waals surface area contributed by atoms with E-state index in [9.17, 15) is 18.0 Å². The van der Waals surface area contributed by atoms with E-state index in [2.05, 4.69) is 9.97 Å². The van der Waals surface area contributed by atoms with Crippen molar-refractivity contribution in [2.45, 2.75) is 25.2 Å². The molecular formula is C19H17F3N4O2. The predicted molar refractivity (Wildman–Crippen MR) is 94.6 cm³/mol. The minimum atomic E-state index is -4.45. The number of fused-ring (bicyclic) bond motifs is 1. The standard InChI is InChI=1S/C19H17F3N4O2/c20-19(21,22)13-5-7-23-17(9-13)28-14-6-8-25(10-14)18(27)11-26-12-24-15-3-1-2-4-16(15)26/h1-5,7,9,12,14H,6,8,10-11H2/t14-/m0/s1. The lowest BCUT2D eigenvalue weighted by Gasteiger charge is -2.18. The molecule has 9 heteroatoms. The Morgan fingerprint density at radius 3 is 2.86 bits per heavy atom. The maximum atomic E-state index is 12.8. The van der Waals surface area contributed by atoms with Crippen LogP contribution < -0.4 is 4.74 Å². The number of likely N-dealkylation sites (tertiary alicyclic amines) is 1. The first-order valence-electron chi connectivity index (χ1n) is 8.78. The van der Waals surface area contributed by atoms with Crippen LogP contribution in [0.4, 0.5) is 13.2 Å². The molecule has 0 saturated carbocycles. The summed E-state index contributed by atoms with van der Waals surface area (Å²) in [6.07, 6.45) is -1.61. The van der Waals surface area contributed by atoms with Gasteiger partial charge in [-0.2, -0.15) is 13.2 Å². The van der Waals surface area contributed by atoms with Gasteiger partial charge in [-0.15, -0.1) is 0 Å². The lowest BCUT2D eigenvalue weighted by Crippen LogP contribution is -2.33. The molecule has 3 heterocycles. The third kappa shape index (κ3) is 3.78. The normalized spacial score (nSPS) is 17.2. The molecule has 2 aromatic heterocycles. The summed E-state index contributed by atoms with van der Waals surface area (Å²) in [6, 6.07) is 9.30. The average molecular weight is 390 g/mol. The van der Waals surface area contributed by atoms with Gasteiger partial charge in [0.15, 0.2) is 0 Å². The Morgan fingerprint density at radius 2 is 2.04 bits per heavy atom. The van der Waals surface area contributed by atoms with Gasteiger partial charge in [-0.25, -0.2) is 9.97 Å². The van der Waals surface area contributed by atoms with Gasteiger partial charge in [-0.3, -0.25) is 4.79 Å². The second kappa shape index (κ2) is 7.14. The Labute approximate surface area is 158 Å². The summed E-state index contributed by atoms with van der Waals surface area (Å²) in [5.41, 5.74) is 0.875. The fourth-order valence-electron chi connectivity index (χ4n) is 3.25. The van der Waals surface area contributed by atoms with E-state index in [0.717, 1.165) is 29.4 Å². The van der Waals surface area contributed by atoms with Crippen molar-refractivity contribution < 1.29 is 22.7 Å². The maximum absolute atomic E-state index is 12.8. The Balaban J connectivity index is 1.38. The lowest BCUT2D eigenvalue weighted by molar-refractivity contribution is -0.137. The number of alkyl halides is 3. The van der Waals surface area contributed by atoms with Crippen molar-refractivity contribution >= 4 is 16.9 Å². The Bertz CT molecular complexity index is 1000. The highest BCUT2D eigenvalue weighted by Gasteiger charge is 2.32. The number of hydrogen-bond acceptors (Lipinski definition) is 4. The van der Waals surface area contributed by atoms with Gasteiger partial charge in [0, 0.05) is 25.2 Å². The fourth-order valence-corrected chi connectivity index (χ4v) is 3.25. The molecule has 1 amide bonds. The van der Waals surface area contributed by atoms with Gasteiger partial charge in [0.2, 0.25) is 11.8 Å². The Kier molecular flexibility index (Phi) is 4.66. The molecule has 1 aliphatic rings. The molecule has 1 aromatic carbocycles. The highest BCUT2D eigenvalue weighted by Crippen LogP contribution is 2.31. The summed E-state index contributed by atoms with van der Waals surface area (Å²) in [5.74, 6) is -0.180. The Hall–Kier alpha value is -3.10. The molecule has 0 bridgehead atoms. The molecular weight excluding hydrogens is 373 g/mol. The van der Waals surface area contributed by atoms with Crippen LogP contribution in [0.1, 0.15) is 12.0 Å². The number of nitrogens with zero attached hydrogens (tertiary/aromatic N) is 4. The smallest absolute Gasteiger partial charge is 0.416 e. The van der Waals surface area contributed by atoms with E-state index in [-0.39, 0.29) is 24.4 Å².